The second-order valence-electron chi connectivity index (χ2n) is 10.3. The molecule has 216 valence electrons. The molecule has 2 aromatic carbocycles. The van der Waals surface area contributed by atoms with E-state index < -0.39 is 17.7 Å². The van der Waals surface area contributed by atoms with Crippen LogP contribution < -0.4 is 14.2 Å². The smallest absolute Gasteiger partial charge is 0.295 e. The Morgan fingerprint density at radius 2 is 1.82 bits per heavy atom. The second kappa shape index (κ2) is 13.2. The number of hydrogen-bond donors (Lipinski definition) is 1. The molecule has 1 fully saturated rings. The van der Waals surface area contributed by atoms with Gasteiger partial charge < -0.3 is 29.1 Å². The second-order valence-corrected chi connectivity index (χ2v) is 10.3. The Bertz CT molecular complexity index is 1250. The molecule has 8 nitrogen and oxygen atoms in total. The van der Waals surface area contributed by atoms with Gasteiger partial charge in [0.05, 0.1) is 24.8 Å². The Hall–Kier alpha value is -3.52. The Morgan fingerprint density at radius 1 is 1.05 bits per heavy atom. The number of amides is 1. The molecule has 4 rings (SSSR count). The summed E-state index contributed by atoms with van der Waals surface area (Å²) in [6.45, 7) is 14.1. The summed E-state index contributed by atoms with van der Waals surface area (Å²) < 4.78 is 17.6. The zero-order chi connectivity index (χ0) is 28.8. The largest absolute Gasteiger partial charge is 0.507 e. The Morgan fingerprint density at radius 3 is 2.52 bits per heavy atom. The molecule has 0 aliphatic carbocycles. The van der Waals surface area contributed by atoms with E-state index in [-0.39, 0.29) is 17.4 Å². The fraction of sp³-hybridized carbons (Fsp3) is 0.500. The number of nitrogens with zero attached hydrogens (tertiary/aromatic N) is 2. The highest BCUT2D eigenvalue weighted by Crippen LogP contribution is 2.43. The van der Waals surface area contributed by atoms with Crippen LogP contribution in [0.15, 0.2) is 42.0 Å². The molecule has 2 aliphatic rings. The van der Waals surface area contributed by atoms with Crippen LogP contribution in [0.5, 0.6) is 17.2 Å². The summed E-state index contributed by atoms with van der Waals surface area (Å²) in [6, 6.07) is 10.2. The molecule has 1 saturated heterocycles. The molecule has 40 heavy (non-hydrogen) atoms. The molecule has 0 saturated carbocycles. The molecule has 2 heterocycles. The van der Waals surface area contributed by atoms with E-state index in [1.165, 1.54) is 0 Å². The van der Waals surface area contributed by atoms with Gasteiger partial charge in [0.15, 0.2) is 11.5 Å². The Labute approximate surface area is 237 Å². The van der Waals surface area contributed by atoms with Crippen molar-refractivity contribution in [2.45, 2.75) is 66.0 Å². The summed E-state index contributed by atoms with van der Waals surface area (Å²) in [6.07, 6.45) is 2.32. The Balaban J connectivity index is 1.78. The number of hydrogen-bond acceptors (Lipinski definition) is 7. The number of ketones is 1. The number of fused-ring (bicyclic) bond motifs is 1. The summed E-state index contributed by atoms with van der Waals surface area (Å²) in [4.78, 5) is 30.8. The van der Waals surface area contributed by atoms with E-state index in [4.69, 9.17) is 14.2 Å². The van der Waals surface area contributed by atoms with Crippen LogP contribution in [0.2, 0.25) is 0 Å². The van der Waals surface area contributed by atoms with Gasteiger partial charge in [-0.3, -0.25) is 9.59 Å². The predicted octanol–water partition coefficient (Wildman–Crippen LogP) is 5.35. The number of rotatable bonds is 13. The maximum absolute atomic E-state index is 13.5. The SMILES string of the molecule is CCCOc1ccc([C@@H]2/C(=C(\O)c3ccc4c(c3)C[C@@H](C)O4)C(=O)C(=O)N2CCCN(CC)CC)cc1OCC. The fourth-order valence-electron chi connectivity index (χ4n) is 5.48. The lowest BCUT2D eigenvalue weighted by molar-refractivity contribution is -0.140. The van der Waals surface area contributed by atoms with Crippen LogP contribution in [0.3, 0.4) is 0 Å². The first-order valence-corrected chi connectivity index (χ1v) is 14.5. The van der Waals surface area contributed by atoms with E-state index >= 15 is 0 Å². The number of ether oxygens (including phenoxy) is 3. The minimum absolute atomic E-state index is 0.0502. The number of carbonyl (C=O) groups excluding carboxylic acids is 2. The third kappa shape index (κ3) is 6.12. The van der Waals surface area contributed by atoms with Crippen molar-refractivity contribution in [3.8, 4) is 17.2 Å². The van der Waals surface area contributed by atoms with Crippen LogP contribution in [0, 0.1) is 0 Å². The van der Waals surface area contributed by atoms with E-state index in [1.54, 1.807) is 11.0 Å². The van der Waals surface area contributed by atoms with E-state index in [0.717, 1.165) is 43.8 Å². The van der Waals surface area contributed by atoms with Gasteiger partial charge in [-0.2, -0.15) is 0 Å². The topological polar surface area (TPSA) is 88.5 Å². The van der Waals surface area contributed by atoms with Crippen molar-refractivity contribution in [2.24, 2.45) is 0 Å². The molecular weight excluding hydrogens is 508 g/mol. The number of likely N-dealkylation sites (tertiary alicyclic amines) is 1. The van der Waals surface area contributed by atoms with Crippen LogP contribution in [0.4, 0.5) is 0 Å². The molecule has 2 atom stereocenters. The molecular formula is C32H42N2O6. The van der Waals surface area contributed by atoms with Gasteiger partial charge in [0.2, 0.25) is 0 Å². The van der Waals surface area contributed by atoms with Gasteiger partial charge in [-0.15, -0.1) is 0 Å². The van der Waals surface area contributed by atoms with Crippen LogP contribution in [-0.4, -0.2) is 72.1 Å². The zero-order valence-corrected chi connectivity index (χ0v) is 24.4. The van der Waals surface area contributed by atoms with Gasteiger partial charge in [0.25, 0.3) is 11.7 Å². The highest BCUT2D eigenvalue weighted by atomic mass is 16.5. The number of benzene rings is 2. The van der Waals surface area contributed by atoms with Crippen molar-refractivity contribution >= 4 is 17.4 Å². The molecule has 1 N–H and O–H groups in total. The van der Waals surface area contributed by atoms with Crippen LogP contribution in [-0.2, 0) is 16.0 Å². The monoisotopic (exact) mass is 550 g/mol. The van der Waals surface area contributed by atoms with Crippen LogP contribution >= 0.6 is 0 Å². The first kappa shape index (κ1) is 29.5. The third-order valence-electron chi connectivity index (χ3n) is 7.52. The predicted molar refractivity (Wildman–Crippen MR) is 155 cm³/mol. The first-order chi connectivity index (χ1) is 19.3. The molecule has 8 heteroatoms. The summed E-state index contributed by atoms with van der Waals surface area (Å²) in [5.41, 5.74) is 2.24. The summed E-state index contributed by atoms with van der Waals surface area (Å²) in [5, 5.41) is 11.6. The standard InChI is InChI=1S/C32H42N2O6/c1-6-17-39-26-14-11-22(20-27(26)38-9-4)29-28(30(35)23-12-13-25-24(19-23)18-21(5)40-25)31(36)32(37)34(29)16-10-15-33(7-2)8-3/h11-14,19-21,29,35H,6-10,15-18H2,1-5H3/b30-28+/t21-,29-/m1/s1. The van der Waals surface area contributed by atoms with E-state index in [2.05, 4.69) is 18.7 Å². The molecule has 0 unspecified atom stereocenters. The summed E-state index contributed by atoms with van der Waals surface area (Å²) >= 11 is 0. The quantitative estimate of drug-likeness (QED) is 0.204. The maximum Gasteiger partial charge on any atom is 0.295 e. The van der Waals surface area contributed by atoms with E-state index in [1.807, 2.05) is 51.1 Å². The third-order valence-corrected chi connectivity index (χ3v) is 7.52. The zero-order valence-electron chi connectivity index (χ0n) is 24.4. The van der Waals surface area contributed by atoms with Crippen LogP contribution in [0.25, 0.3) is 5.76 Å². The van der Waals surface area contributed by atoms with Crippen molar-refractivity contribution in [2.75, 3.05) is 39.4 Å². The van der Waals surface area contributed by atoms with Crippen LogP contribution in [0.1, 0.15) is 70.2 Å². The van der Waals surface area contributed by atoms with Crippen molar-refractivity contribution in [1.29, 1.82) is 0 Å². The average Bonchev–Trinajstić information content (AvgIpc) is 3.45. The minimum Gasteiger partial charge on any atom is -0.507 e. The van der Waals surface area contributed by atoms with Gasteiger partial charge in [-0.1, -0.05) is 26.8 Å². The molecule has 0 bridgehead atoms. The first-order valence-electron chi connectivity index (χ1n) is 14.5. The minimum atomic E-state index is -0.750. The van der Waals surface area contributed by atoms with Gasteiger partial charge in [-0.05, 0) is 87.8 Å². The molecule has 2 aliphatic heterocycles. The molecule has 0 spiro atoms. The number of aliphatic hydroxyl groups excluding tert-OH is 1. The average molecular weight is 551 g/mol. The van der Waals surface area contributed by atoms with Gasteiger partial charge in [0, 0.05) is 18.5 Å². The van der Waals surface area contributed by atoms with Gasteiger partial charge in [0.1, 0.15) is 17.6 Å². The lowest BCUT2D eigenvalue weighted by atomic mass is 9.94. The number of aliphatic hydroxyl groups is 1. The molecule has 0 radical (unpaired) electrons. The Kier molecular flexibility index (Phi) is 9.74. The van der Waals surface area contributed by atoms with Crippen molar-refractivity contribution in [1.82, 2.24) is 9.80 Å². The highest BCUT2D eigenvalue weighted by molar-refractivity contribution is 6.46. The summed E-state index contributed by atoms with van der Waals surface area (Å²) in [7, 11) is 0. The van der Waals surface area contributed by atoms with Crippen molar-refractivity contribution < 1.29 is 28.9 Å². The normalized spacial score (nSPS) is 19.7. The highest BCUT2D eigenvalue weighted by Gasteiger charge is 2.46. The molecule has 1 amide bonds. The molecule has 2 aromatic rings. The van der Waals surface area contributed by atoms with E-state index in [9.17, 15) is 14.7 Å². The lowest BCUT2D eigenvalue weighted by Gasteiger charge is -2.27. The lowest BCUT2D eigenvalue weighted by Crippen LogP contribution is -2.33. The maximum atomic E-state index is 13.5. The number of Topliss-reactive ketones (excluding diaryl/α,β-unsaturated/α-hetero) is 1. The van der Waals surface area contributed by atoms with Crippen molar-refractivity contribution in [3.05, 3.63) is 58.7 Å². The van der Waals surface area contributed by atoms with E-state index in [0.29, 0.717) is 48.8 Å². The number of carbonyl (C=O) groups is 2. The van der Waals surface area contributed by atoms with Gasteiger partial charge >= 0.3 is 0 Å². The molecule has 0 aromatic heterocycles. The van der Waals surface area contributed by atoms with Gasteiger partial charge in [-0.25, -0.2) is 0 Å². The fourth-order valence-corrected chi connectivity index (χ4v) is 5.48. The summed E-state index contributed by atoms with van der Waals surface area (Å²) in [5.74, 6) is 0.473. The van der Waals surface area contributed by atoms with Crippen molar-refractivity contribution in [3.63, 3.8) is 0 Å².